The van der Waals surface area contributed by atoms with Crippen LogP contribution in [0.3, 0.4) is 0 Å². The molecule has 1 rings (SSSR count). The van der Waals surface area contributed by atoms with Gasteiger partial charge < -0.3 is 9.80 Å². The minimum absolute atomic E-state index is 0.993. The summed E-state index contributed by atoms with van der Waals surface area (Å²) in [6.07, 6.45) is 6.86. The maximum Gasteiger partial charge on any atom is -0.00161 e. The van der Waals surface area contributed by atoms with Gasteiger partial charge >= 0.3 is 0 Å². The minimum atomic E-state index is 0.993. The number of hydrogen-bond acceptors (Lipinski definition) is 2. The summed E-state index contributed by atoms with van der Waals surface area (Å²) < 4.78 is 0. The van der Waals surface area contributed by atoms with E-state index < -0.39 is 0 Å². The third-order valence-corrected chi connectivity index (χ3v) is 3.77. The Balaban J connectivity index is 2.15. The summed E-state index contributed by atoms with van der Waals surface area (Å²) in [7, 11) is 2.25. The molecule has 1 heterocycles. The smallest absolute Gasteiger partial charge is 0.00161 e. The molecule has 96 valence electrons. The van der Waals surface area contributed by atoms with E-state index in [0.29, 0.717) is 0 Å². The molecular formula is C14H30N2. The molecule has 1 saturated heterocycles. The molecule has 16 heavy (non-hydrogen) atoms. The number of nitrogens with zero attached hydrogens (tertiary/aromatic N) is 2. The number of likely N-dealkylation sites (tertiary alicyclic amines) is 1. The Morgan fingerprint density at radius 1 is 1.00 bits per heavy atom. The van der Waals surface area contributed by atoms with Crippen molar-refractivity contribution in [3.63, 3.8) is 0 Å². The monoisotopic (exact) mass is 226 g/mol. The summed E-state index contributed by atoms with van der Waals surface area (Å²) in [5, 5.41) is 0. The van der Waals surface area contributed by atoms with Gasteiger partial charge in [-0.2, -0.15) is 0 Å². The van der Waals surface area contributed by atoms with Gasteiger partial charge in [-0.05, 0) is 77.8 Å². The normalized spacial score (nSPS) is 19.5. The highest BCUT2D eigenvalue weighted by Gasteiger charge is 2.17. The van der Waals surface area contributed by atoms with Gasteiger partial charge in [0.2, 0.25) is 0 Å². The topological polar surface area (TPSA) is 6.48 Å². The lowest BCUT2D eigenvalue weighted by atomic mass is 9.93. The highest BCUT2D eigenvalue weighted by molar-refractivity contribution is 4.71. The molecule has 0 bridgehead atoms. The van der Waals surface area contributed by atoms with Gasteiger partial charge in [0.1, 0.15) is 0 Å². The third kappa shape index (κ3) is 5.31. The second-order valence-electron chi connectivity index (χ2n) is 5.38. The van der Waals surface area contributed by atoms with Gasteiger partial charge in [-0.15, -0.1) is 0 Å². The molecule has 0 amide bonds. The molecule has 0 aliphatic carbocycles. The average molecular weight is 226 g/mol. The Bertz CT molecular complexity index is 156. The Morgan fingerprint density at radius 3 is 2.06 bits per heavy atom. The summed E-state index contributed by atoms with van der Waals surface area (Å²) in [4.78, 5) is 5.12. The van der Waals surface area contributed by atoms with E-state index in [1.165, 1.54) is 64.8 Å². The largest absolute Gasteiger partial charge is 0.306 e. The summed E-state index contributed by atoms with van der Waals surface area (Å²) in [6.45, 7) is 11.1. The van der Waals surface area contributed by atoms with Crippen molar-refractivity contribution in [1.82, 2.24) is 9.80 Å². The Morgan fingerprint density at radius 2 is 1.56 bits per heavy atom. The molecule has 2 nitrogen and oxygen atoms in total. The Labute approximate surface area is 102 Å². The first kappa shape index (κ1) is 14.0. The fourth-order valence-corrected chi connectivity index (χ4v) is 2.68. The lowest BCUT2D eigenvalue weighted by Crippen LogP contribution is -2.33. The molecule has 0 atom stereocenters. The van der Waals surface area contributed by atoms with Gasteiger partial charge in [0.05, 0.1) is 0 Å². The van der Waals surface area contributed by atoms with Gasteiger partial charge in [0.25, 0.3) is 0 Å². The van der Waals surface area contributed by atoms with Gasteiger partial charge in [-0.3, -0.25) is 0 Å². The predicted molar refractivity (Wildman–Crippen MR) is 71.9 cm³/mol. The van der Waals surface area contributed by atoms with E-state index in [1.54, 1.807) is 0 Å². The second-order valence-corrected chi connectivity index (χ2v) is 5.38. The summed E-state index contributed by atoms with van der Waals surface area (Å²) in [5.41, 5.74) is 0. The van der Waals surface area contributed by atoms with Crippen LogP contribution in [-0.4, -0.2) is 49.6 Å². The maximum atomic E-state index is 2.65. The molecule has 0 radical (unpaired) electrons. The molecule has 0 saturated carbocycles. The van der Waals surface area contributed by atoms with Crippen LogP contribution < -0.4 is 0 Å². The van der Waals surface area contributed by atoms with Crippen molar-refractivity contribution >= 4 is 0 Å². The van der Waals surface area contributed by atoms with Crippen molar-refractivity contribution in [1.29, 1.82) is 0 Å². The Kier molecular flexibility index (Phi) is 7.06. The molecule has 0 aromatic heterocycles. The number of piperidine rings is 1. The SMILES string of the molecule is CCCN(CCC)CCC1CCN(C)CC1. The van der Waals surface area contributed by atoms with E-state index in [-0.39, 0.29) is 0 Å². The van der Waals surface area contributed by atoms with Crippen LogP contribution in [-0.2, 0) is 0 Å². The average Bonchev–Trinajstić information content (AvgIpc) is 2.29. The molecule has 0 N–H and O–H groups in total. The molecule has 0 unspecified atom stereocenters. The molecule has 1 aliphatic rings. The molecule has 2 heteroatoms. The van der Waals surface area contributed by atoms with Crippen molar-refractivity contribution < 1.29 is 0 Å². The summed E-state index contributed by atoms with van der Waals surface area (Å²) >= 11 is 0. The number of rotatable bonds is 7. The first-order valence-electron chi connectivity index (χ1n) is 7.17. The van der Waals surface area contributed by atoms with Crippen molar-refractivity contribution in [2.24, 2.45) is 5.92 Å². The van der Waals surface area contributed by atoms with Gasteiger partial charge in [0.15, 0.2) is 0 Å². The van der Waals surface area contributed by atoms with E-state index in [0.717, 1.165) is 5.92 Å². The molecule has 1 fully saturated rings. The molecule has 0 aromatic rings. The van der Waals surface area contributed by atoms with Crippen LogP contribution in [0.1, 0.15) is 46.0 Å². The summed E-state index contributed by atoms with van der Waals surface area (Å²) in [6, 6.07) is 0. The lowest BCUT2D eigenvalue weighted by molar-refractivity contribution is 0.186. The maximum absolute atomic E-state index is 2.65. The first-order chi connectivity index (χ1) is 7.76. The highest BCUT2D eigenvalue weighted by atomic mass is 15.1. The van der Waals surface area contributed by atoms with E-state index in [2.05, 4.69) is 30.7 Å². The van der Waals surface area contributed by atoms with Gasteiger partial charge in [-0.25, -0.2) is 0 Å². The van der Waals surface area contributed by atoms with Crippen LogP contribution in [0.15, 0.2) is 0 Å². The molecular weight excluding hydrogens is 196 g/mol. The zero-order valence-corrected chi connectivity index (χ0v) is 11.5. The number of hydrogen-bond donors (Lipinski definition) is 0. The first-order valence-corrected chi connectivity index (χ1v) is 7.17. The molecule has 1 aliphatic heterocycles. The van der Waals surface area contributed by atoms with E-state index in [9.17, 15) is 0 Å². The second kappa shape index (κ2) is 8.08. The third-order valence-electron chi connectivity index (χ3n) is 3.77. The van der Waals surface area contributed by atoms with E-state index in [1.807, 2.05) is 0 Å². The predicted octanol–water partition coefficient (Wildman–Crippen LogP) is 2.84. The van der Waals surface area contributed by atoms with Crippen LogP contribution in [0, 0.1) is 5.92 Å². The van der Waals surface area contributed by atoms with Crippen molar-refractivity contribution in [2.45, 2.75) is 46.0 Å². The van der Waals surface area contributed by atoms with Crippen LogP contribution in [0.2, 0.25) is 0 Å². The van der Waals surface area contributed by atoms with Crippen LogP contribution in [0.5, 0.6) is 0 Å². The van der Waals surface area contributed by atoms with Crippen molar-refractivity contribution in [3.05, 3.63) is 0 Å². The highest BCUT2D eigenvalue weighted by Crippen LogP contribution is 2.19. The van der Waals surface area contributed by atoms with Crippen molar-refractivity contribution in [2.75, 3.05) is 39.8 Å². The quantitative estimate of drug-likeness (QED) is 0.658. The fourth-order valence-electron chi connectivity index (χ4n) is 2.68. The van der Waals surface area contributed by atoms with Crippen LogP contribution in [0.4, 0.5) is 0 Å². The zero-order chi connectivity index (χ0) is 11.8. The van der Waals surface area contributed by atoms with E-state index >= 15 is 0 Å². The Hall–Kier alpha value is -0.0800. The van der Waals surface area contributed by atoms with Crippen LogP contribution in [0.25, 0.3) is 0 Å². The van der Waals surface area contributed by atoms with Crippen LogP contribution >= 0.6 is 0 Å². The fraction of sp³-hybridized carbons (Fsp3) is 1.00. The van der Waals surface area contributed by atoms with Gasteiger partial charge in [-0.1, -0.05) is 13.8 Å². The zero-order valence-electron chi connectivity index (χ0n) is 11.5. The lowest BCUT2D eigenvalue weighted by Gasteiger charge is -2.30. The summed E-state index contributed by atoms with van der Waals surface area (Å²) in [5.74, 6) is 0.993. The molecule has 0 aromatic carbocycles. The molecule has 0 spiro atoms. The minimum Gasteiger partial charge on any atom is -0.306 e. The van der Waals surface area contributed by atoms with Crippen molar-refractivity contribution in [3.8, 4) is 0 Å². The van der Waals surface area contributed by atoms with E-state index in [4.69, 9.17) is 0 Å². The van der Waals surface area contributed by atoms with Gasteiger partial charge in [0, 0.05) is 0 Å². The standard InChI is InChI=1S/C14H30N2/c1-4-9-16(10-5-2)13-8-14-6-11-15(3)12-7-14/h14H,4-13H2,1-3H3.